The lowest BCUT2D eigenvalue weighted by Crippen LogP contribution is -2.50. The summed E-state index contributed by atoms with van der Waals surface area (Å²) in [6.45, 7) is 2.08. The van der Waals surface area contributed by atoms with Crippen LogP contribution in [0.3, 0.4) is 0 Å². The van der Waals surface area contributed by atoms with E-state index in [4.69, 9.17) is 0 Å². The molecule has 0 aliphatic carbocycles. The number of carbonyl (C=O) groups excluding carboxylic acids is 2. The lowest BCUT2D eigenvalue weighted by atomic mass is 9.91. The summed E-state index contributed by atoms with van der Waals surface area (Å²) in [5.74, 6) is 0.563. The first-order chi connectivity index (χ1) is 11.7. The molecule has 2 N–H and O–H groups in total. The third-order valence-corrected chi connectivity index (χ3v) is 4.66. The van der Waals surface area contributed by atoms with Crippen LogP contribution in [-0.2, 0) is 13.0 Å². The third kappa shape index (κ3) is 2.85. The number of rotatable bonds is 3. The number of nitrogens with zero attached hydrogens (tertiary/aromatic N) is 1. The molecule has 0 bridgehead atoms. The average molecular weight is 321 g/mol. The van der Waals surface area contributed by atoms with Crippen molar-refractivity contribution >= 4 is 17.6 Å². The molecule has 1 saturated heterocycles. The molecule has 0 spiro atoms. The van der Waals surface area contributed by atoms with E-state index in [0.29, 0.717) is 18.0 Å². The minimum absolute atomic E-state index is 0.0369. The molecule has 2 aromatic rings. The second kappa shape index (κ2) is 6.00. The van der Waals surface area contributed by atoms with Crippen molar-refractivity contribution in [3.8, 4) is 0 Å². The van der Waals surface area contributed by atoms with Crippen LogP contribution in [-0.4, -0.2) is 29.9 Å². The Kier molecular flexibility index (Phi) is 3.69. The Balaban J connectivity index is 1.39. The summed E-state index contributed by atoms with van der Waals surface area (Å²) in [6, 6.07) is 15.7. The quantitative estimate of drug-likeness (QED) is 0.913. The van der Waals surface area contributed by atoms with E-state index in [0.717, 1.165) is 30.8 Å². The van der Waals surface area contributed by atoms with Gasteiger partial charge in [0.1, 0.15) is 0 Å². The molecule has 0 unspecified atom stereocenters. The molecule has 2 aliphatic heterocycles. The fraction of sp³-hybridized carbons (Fsp3) is 0.263. The van der Waals surface area contributed by atoms with E-state index in [1.165, 1.54) is 5.56 Å². The Morgan fingerprint density at radius 3 is 2.71 bits per heavy atom. The topological polar surface area (TPSA) is 61.4 Å². The van der Waals surface area contributed by atoms with Crippen LogP contribution in [0.1, 0.15) is 21.5 Å². The van der Waals surface area contributed by atoms with E-state index in [-0.39, 0.29) is 11.9 Å². The zero-order chi connectivity index (χ0) is 16.5. The molecular formula is C19H19N3O2. The van der Waals surface area contributed by atoms with Crippen LogP contribution in [0.25, 0.3) is 0 Å². The van der Waals surface area contributed by atoms with Crippen LogP contribution in [0.2, 0.25) is 0 Å². The van der Waals surface area contributed by atoms with Crippen molar-refractivity contribution < 1.29 is 9.59 Å². The van der Waals surface area contributed by atoms with Crippen molar-refractivity contribution in [3.63, 3.8) is 0 Å². The largest absolute Gasteiger partial charge is 0.338 e. The van der Waals surface area contributed by atoms with Gasteiger partial charge in [0, 0.05) is 30.9 Å². The SMILES string of the molecule is O=C1NCc2ccc(C(=O)N3CC(Cc4ccccc4)C3)cc2N1. The Morgan fingerprint density at radius 1 is 1.12 bits per heavy atom. The Labute approximate surface area is 140 Å². The highest BCUT2D eigenvalue weighted by atomic mass is 16.2. The van der Waals surface area contributed by atoms with Gasteiger partial charge < -0.3 is 15.5 Å². The zero-order valence-electron chi connectivity index (χ0n) is 13.3. The van der Waals surface area contributed by atoms with E-state index < -0.39 is 0 Å². The number of likely N-dealkylation sites (tertiary alicyclic amines) is 1. The summed E-state index contributed by atoms with van der Waals surface area (Å²) in [6.07, 6.45) is 1.01. The van der Waals surface area contributed by atoms with Gasteiger partial charge in [-0.05, 0) is 35.6 Å². The van der Waals surface area contributed by atoms with Crippen LogP contribution in [0.15, 0.2) is 48.5 Å². The molecule has 0 atom stereocenters. The molecule has 4 rings (SSSR count). The van der Waals surface area contributed by atoms with E-state index in [1.54, 1.807) is 6.07 Å². The number of hydrogen-bond donors (Lipinski definition) is 2. The fourth-order valence-corrected chi connectivity index (χ4v) is 3.32. The summed E-state index contributed by atoms with van der Waals surface area (Å²) in [7, 11) is 0. The second-order valence-corrected chi connectivity index (χ2v) is 6.45. The summed E-state index contributed by atoms with van der Waals surface area (Å²) >= 11 is 0. The molecule has 122 valence electrons. The maximum Gasteiger partial charge on any atom is 0.319 e. The number of fused-ring (bicyclic) bond motifs is 1. The number of benzene rings is 2. The van der Waals surface area contributed by atoms with Crippen LogP contribution in [0.5, 0.6) is 0 Å². The number of nitrogens with one attached hydrogen (secondary N) is 2. The van der Waals surface area contributed by atoms with Crippen molar-refractivity contribution in [3.05, 3.63) is 65.2 Å². The Hall–Kier alpha value is -2.82. The summed E-state index contributed by atoms with van der Waals surface area (Å²) in [5.41, 5.74) is 3.68. The maximum atomic E-state index is 12.6. The zero-order valence-corrected chi connectivity index (χ0v) is 13.3. The number of urea groups is 1. The molecule has 2 aromatic carbocycles. The highest BCUT2D eigenvalue weighted by Gasteiger charge is 2.31. The van der Waals surface area contributed by atoms with Gasteiger partial charge in [0.05, 0.1) is 0 Å². The highest BCUT2D eigenvalue weighted by molar-refractivity contribution is 5.98. The van der Waals surface area contributed by atoms with Gasteiger partial charge >= 0.3 is 6.03 Å². The van der Waals surface area contributed by atoms with Crippen molar-refractivity contribution in [1.29, 1.82) is 0 Å². The van der Waals surface area contributed by atoms with Gasteiger partial charge in [-0.25, -0.2) is 4.79 Å². The summed E-state index contributed by atoms with van der Waals surface area (Å²) in [4.78, 5) is 25.9. The molecule has 5 nitrogen and oxygen atoms in total. The minimum Gasteiger partial charge on any atom is -0.338 e. The average Bonchev–Trinajstić information content (AvgIpc) is 2.57. The summed E-state index contributed by atoms with van der Waals surface area (Å²) < 4.78 is 0. The number of hydrogen-bond acceptors (Lipinski definition) is 2. The van der Waals surface area contributed by atoms with Crippen LogP contribution < -0.4 is 10.6 Å². The Morgan fingerprint density at radius 2 is 1.92 bits per heavy atom. The van der Waals surface area contributed by atoms with Gasteiger partial charge in [0.25, 0.3) is 5.91 Å². The predicted molar refractivity (Wildman–Crippen MR) is 91.8 cm³/mol. The van der Waals surface area contributed by atoms with Gasteiger partial charge in [-0.1, -0.05) is 36.4 Å². The van der Waals surface area contributed by atoms with Gasteiger partial charge in [-0.2, -0.15) is 0 Å². The lowest BCUT2D eigenvalue weighted by Gasteiger charge is -2.39. The first-order valence-electron chi connectivity index (χ1n) is 8.20. The lowest BCUT2D eigenvalue weighted by molar-refractivity contribution is 0.0501. The molecular weight excluding hydrogens is 302 g/mol. The van der Waals surface area contributed by atoms with Crippen molar-refractivity contribution in [2.75, 3.05) is 18.4 Å². The first kappa shape index (κ1) is 14.8. The van der Waals surface area contributed by atoms with Crippen LogP contribution in [0, 0.1) is 5.92 Å². The fourth-order valence-electron chi connectivity index (χ4n) is 3.32. The van der Waals surface area contributed by atoms with E-state index in [9.17, 15) is 9.59 Å². The Bertz CT molecular complexity index is 782. The number of carbonyl (C=O) groups is 2. The molecule has 24 heavy (non-hydrogen) atoms. The highest BCUT2D eigenvalue weighted by Crippen LogP contribution is 2.25. The molecule has 1 fully saturated rings. The van der Waals surface area contributed by atoms with E-state index in [1.807, 2.05) is 35.2 Å². The number of amides is 3. The number of anilines is 1. The molecule has 0 radical (unpaired) electrons. The monoisotopic (exact) mass is 321 g/mol. The first-order valence-corrected chi connectivity index (χ1v) is 8.20. The second-order valence-electron chi connectivity index (χ2n) is 6.45. The predicted octanol–water partition coefficient (Wildman–Crippen LogP) is 2.64. The van der Waals surface area contributed by atoms with Crippen molar-refractivity contribution in [2.45, 2.75) is 13.0 Å². The van der Waals surface area contributed by atoms with Gasteiger partial charge in [-0.3, -0.25) is 4.79 Å². The van der Waals surface area contributed by atoms with Crippen molar-refractivity contribution in [1.82, 2.24) is 10.2 Å². The van der Waals surface area contributed by atoms with Gasteiger partial charge in [0.2, 0.25) is 0 Å². The van der Waals surface area contributed by atoms with Crippen LogP contribution >= 0.6 is 0 Å². The molecule has 0 saturated carbocycles. The normalized spacial score (nSPS) is 16.7. The smallest absolute Gasteiger partial charge is 0.319 e. The summed E-state index contributed by atoms with van der Waals surface area (Å²) in [5, 5.41) is 5.47. The standard InChI is InChI=1S/C19H19N3O2/c23-18(15-6-7-16-10-20-19(24)21-17(16)9-15)22-11-14(12-22)8-13-4-2-1-3-5-13/h1-7,9,14H,8,10-12H2,(H2,20,21,24). The maximum absolute atomic E-state index is 12.6. The molecule has 5 heteroatoms. The molecule has 3 amide bonds. The minimum atomic E-state index is -0.223. The third-order valence-electron chi connectivity index (χ3n) is 4.66. The van der Waals surface area contributed by atoms with Gasteiger partial charge in [0.15, 0.2) is 0 Å². The molecule has 2 aliphatic rings. The molecule has 2 heterocycles. The van der Waals surface area contributed by atoms with Crippen molar-refractivity contribution in [2.24, 2.45) is 5.92 Å². The van der Waals surface area contributed by atoms with Crippen LogP contribution in [0.4, 0.5) is 10.5 Å². The van der Waals surface area contributed by atoms with E-state index >= 15 is 0 Å². The van der Waals surface area contributed by atoms with E-state index in [2.05, 4.69) is 22.8 Å². The molecule has 0 aromatic heterocycles. The van der Waals surface area contributed by atoms with Gasteiger partial charge in [-0.15, -0.1) is 0 Å².